The van der Waals surface area contributed by atoms with Crippen LogP contribution in [0.1, 0.15) is 37.2 Å². The van der Waals surface area contributed by atoms with Crippen LogP contribution in [0.3, 0.4) is 0 Å². The zero-order valence-corrected chi connectivity index (χ0v) is 9.23. The van der Waals surface area contributed by atoms with Crippen molar-refractivity contribution in [2.45, 2.75) is 31.6 Å². The lowest BCUT2D eigenvalue weighted by Crippen LogP contribution is -2.16. The van der Waals surface area contributed by atoms with Gasteiger partial charge in [-0.05, 0) is 36.7 Å². The van der Waals surface area contributed by atoms with E-state index < -0.39 is 0 Å². The highest BCUT2D eigenvalue weighted by Gasteiger charge is 2.22. The average Bonchev–Trinajstić information content (AvgIpc) is 2.30. The second kappa shape index (κ2) is 5.89. The predicted molar refractivity (Wildman–Crippen MR) is 63.2 cm³/mol. The zero-order valence-electron chi connectivity index (χ0n) is 9.23. The van der Waals surface area contributed by atoms with E-state index in [0.717, 1.165) is 0 Å². The Bertz CT molecular complexity index is 273. The largest absolute Gasteiger partial charge is 0.396 e. The van der Waals surface area contributed by atoms with Crippen molar-refractivity contribution >= 4 is 0 Å². The molecule has 0 heterocycles. The first-order valence-corrected chi connectivity index (χ1v) is 5.56. The van der Waals surface area contributed by atoms with Crippen LogP contribution in [-0.4, -0.2) is 11.7 Å². The molecule has 1 saturated carbocycles. The Kier molecular flexibility index (Phi) is 4.79. The van der Waals surface area contributed by atoms with E-state index >= 15 is 0 Å². The molecule has 1 aliphatic carbocycles. The molecule has 84 valence electrons. The van der Waals surface area contributed by atoms with Crippen LogP contribution in [-0.2, 0) is 0 Å². The van der Waals surface area contributed by atoms with Crippen LogP contribution in [0.2, 0.25) is 0 Å². The van der Waals surface area contributed by atoms with Crippen molar-refractivity contribution in [1.29, 1.82) is 0 Å². The number of rotatable bonds is 2. The standard InChI is InChI=1S/C13H18O.H3N/c14-10-11-5-4-8-13(9-11)12-6-2-1-3-7-12;/h1-3,6-7,11,13-14H,4-5,8-10H2;1H3. The van der Waals surface area contributed by atoms with Gasteiger partial charge in [-0.1, -0.05) is 36.8 Å². The lowest BCUT2D eigenvalue weighted by Gasteiger charge is -2.28. The molecule has 2 atom stereocenters. The van der Waals surface area contributed by atoms with Crippen LogP contribution < -0.4 is 6.15 Å². The third-order valence-electron chi connectivity index (χ3n) is 3.31. The first kappa shape index (κ1) is 12.2. The summed E-state index contributed by atoms with van der Waals surface area (Å²) in [5.41, 5.74) is 1.45. The van der Waals surface area contributed by atoms with Gasteiger partial charge in [0.25, 0.3) is 0 Å². The van der Waals surface area contributed by atoms with Crippen molar-refractivity contribution in [2.75, 3.05) is 6.61 Å². The minimum atomic E-state index is 0. The molecule has 0 spiro atoms. The quantitative estimate of drug-likeness (QED) is 0.782. The van der Waals surface area contributed by atoms with Crippen molar-refractivity contribution in [1.82, 2.24) is 6.15 Å². The molecule has 2 nitrogen and oxygen atoms in total. The summed E-state index contributed by atoms with van der Waals surface area (Å²) in [6.07, 6.45) is 4.94. The van der Waals surface area contributed by atoms with Crippen molar-refractivity contribution in [2.24, 2.45) is 5.92 Å². The third kappa shape index (κ3) is 3.05. The van der Waals surface area contributed by atoms with Crippen LogP contribution in [0.4, 0.5) is 0 Å². The van der Waals surface area contributed by atoms with E-state index in [2.05, 4.69) is 30.3 Å². The molecule has 4 N–H and O–H groups in total. The average molecular weight is 207 g/mol. The third-order valence-corrected chi connectivity index (χ3v) is 3.31. The molecular weight excluding hydrogens is 186 g/mol. The molecule has 0 amide bonds. The van der Waals surface area contributed by atoms with Crippen LogP contribution in [0.25, 0.3) is 0 Å². The first-order chi connectivity index (χ1) is 6.90. The number of hydrogen-bond acceptors (Lipinski definition) is 2. The fraction of sp³-hybridized carbons (Fsp3) is 0.538. The number of benzene rings is 1. The summed E-state index contributed by atoms with van der Waals surface area (Å²) < 4.78 is 0. The molecule has 0 saturated heterocycles. The van der Waals surface area contributed by atoms with Gasteiger partial charge in [-0.2, -0.15) is 0 Å². The van der Waals surface area contributed by atoms with Gasteiger partial charge in [-0.25, -0.2) is 0 Å². The number of aliphatic hydroxyl groups excluding tert-OH is 1. The Morgan fingerprint density at radius 1 is 1.13 bits per heavy atom. The Balaban J connectivity index is 0.00000112. The maximum atomic E-state index is 9.16. The molecule has 0 aliphatic heterocycles. The summed E-state index contributed by atoms with van der Waals surface area (Å²) in [6, 6.07) is 10.7. The van der Waals surface area contributed by atoms with Crippen molar-refractivity contribution < 1.29 is 5.11 Å². The minimum Gasteiger partial charge on any atom is -0.396 e. The Labute approximate surface area is 91.9 Å². The number of aliphatic hydroxyl groups is 1. The van der Waals surface area contributed by atoms with E-state index in [4.69, 9.17) is 5.11 Å². The summed E-state index contributed by atoms with van der Waals surface area (Å²) in [7, 11) is 0. The van der Waals surface area contributed by atoms with Gasteiger partial charge in [-0.3, -0.25) is 0 Å². The SMILES string of the molecule is N.OCC1CCCC(c2ccccc2)C1. The summed E-state index contributed by atoms with van der Waals surface area (Å²) in [6.45, 7) is 0.364. The van der Waals surface area contributed by atoms with Gasteiger partial charge in [0.05, 0.1) is 0 Å². The molecule has 1 aliphatic rings. The number of hydrogen-bond donors (Lipinski definition) is 2. The second-order valence-electron chi connectivity index (χ2n) is 4.32. The summed E-state index contributed by atoms with van der Waals surface area (Å²) in [5, 5.41) is 9.16. The normalized spacial score (nSPS) is 25.7. The van der Waals surface area contributed by atoms with Crippen LogP contribution in [0.5, 0.6) is 0 Å². The minimum absolute atomic E-state index is 0. The monoisotopic (exact) mass is 207 g/mol. The maximum Gasteiger partial charge on any atom is 0.0459 e. The summed E-state index contributed by atoms with van der Waals surface area (Å²) >= 11 is 0. The molecule has 1 aromatic rings. The van der Waals surface area contributed by atoms with E-state index in [1.807, 2.05) is 0 Å². The topological polar surface area (TPSA) is 55.2 Å². The van der Waals surface area contributed by atoms with Crippen molar-refractivity contribution in [3.05, 3.63) is 35.9 Å². The molecule has 2 rings (SSSR count). The highest BCUT2D eigenvalue weighted by molar-refractivity contribution is 5.19. The molecule has 15 heavy (non-hydrogen) atoms. The van der Waals surface area contributed by atoms with Gasteiger partial charge in [0.15, 0.2) is 0 Å². The van der Waals surface area contributed by atoms with Crippen molar-refractivity contribution in [3.63, 3.8) is 0 Å². The summed E-state index contributed by atoms with van der Waals surface area (Å²) in [5.74, 6) is 1.22. The Morgan fingerprint density at radius 2 is 1.87 bits per heavy atom. The molecule has 2 unspecified atom stereocenters. The Hall–Kier alpha value is -0.860. The van der Waals surface area contributed by atoms with Crippen LogP contribution in [0, 0.1) is 5.92 Å². The first-order valence-electron chi connectivity index (χ1n) is 5.56. The molecule has 1 aromatic carbocycles. The fourth-order valence-electron chi connectivity index (χ4n) is 2.48. The molecule has 0 radical (unpaired) electrons. The van der Waals surface area contributed by atoms with Gasteiger partial charge in [0, 0.05) is 6.61 Å². The predicted octanol–water partition coefficient (Wildman–Crippen LogP) is 3.11. The Morgan fingerprint density at radius 3 is 2.53 bits per heavy atom. The maximum absolute atomic E-state index is 9.16. The van der Waals surface area contributed by atoms with E-state index in [0.29, 0.717) is 18.4 Å². The van der Waals surface area contributed by atoms with Gasteiger partial charge in [0.2, 0.25) is 0 Å². The van der Waals surface area contributed by atoms with Gasteiger partial charge in [0.1, 0.15) is 0 Å². The van der Waals surface area contributed by atoms with Crippen LogP contribution >= 0.6 is 0 Å². The molecule has 2 heteroatoms. The lowest BCUT2D eigenvalue weighted by molar-refractivity contribution is 0.180. The van der Waals surface area contributed by atoms with E-state index in [1.165, 1.54) is 31.2 Å². The van der Waals surface area contributed by atoms with Crippen LogP contribution in [0.15, 0.2) is 30.3 Å². The highest BCUT2D eigenvalue weighted by Crippen LogP contribution is 2.35. The highest BCUT2D eigenvalue weighted by atomic mass is 16.3. The smallest absolute Gasteiger partial charge is 0.0459 e. The van der Waals surface area contributed by atoms with Crippen molar-refractivity contribution in [3.8, 4) is 0 Å². The van der Waals surface area contributed by atoms with Gasteiger partial charge < -0.3 is 11.3 Å². The van der Waals surface area contributed by atoms with E-state index in [-0.39, 0.29) is 6.15 Å². The second-order valence-corrected chi connectivity index (χ2v) is 4.32. The van der Waals surface area contributed by atoms with E-state index in [9.17, 15) is 0 Å². The molecule has 0 aromatic heterocycles. The lowest BCUT2D eigenvalue weighted by atomic mass is 9.78. The van der Waals surface area contributed by atoms with Gasteiger partial charge in [-0.15, -0.1) is 0 Å². The molecule has 0 bridgehead atoms. The summed E-state index contributed by atoms with van der Waals surface area (Å²) in [4.78, 5) is 0. The van der Waals surface area contributed by atoms with E-state index in [1.54, 1.807) is 0 Å². The fourth-order valence-corrected chi connectivity index (χ4v) is 2.48. The molecular formula is C13H21NO. The van der Waals surface area contributed by atoms with Gasteiger partial charge >= 0.3 is 0 Å². The zero-order chi connectivity index (χ0) is 9.80. The molecule has 1 fully saturated rings.